The Morgan fingerprint density at radius 1 is 1.33 bits per heavy atom. The SMILES string of the molecule is CCNS(=O)(=O)c1ccc(OS(=O)(=O)F)c(N)c1. The van der Waals surface area contributed by atoms with Gasteiger partial charge in [0.25, 0.3) is 0 Å². The van der Waals surface area contributed by atoms with Crippen molar-refractivity contribution in [3.8, 4) is 5.75 Å². The molecule has 0 heterocycles. The molecule has 0 saturated heterocycles. The summed E-state index contributed by atoms with van der Waals surface area (Å²) in [6.07, 6.45) is 0. The van der Waals surface area contributed by atoms with Gasteiger partial charge in [-0.05, 0) is 18.2 Å². The molecule has 0 unspecified atom stereocenters. The number of rotatable bonds is 5. The molecule has 0 bridgehead atoms. The summed E-state index contributed by atoms with van der Waals surface area (Å²) in [5.74, 6) is -0.479. The highest BCUT2D eigenvalue weighted by Crippen LogP contribution is 2.26. The average Bonchev–Trinajstić information content (AvgIpc) is 2.19. The van der Waals surface area contributed by atoms with Crippen molar-refractivity contribution in [2.45, 2.75) is 11.8 Å². The zero-order valence-corrected chi connectivity index (χ0v) is 10.9. The molecule has 1 aromatic carbocycles. The predicted molar refractivity (Wildman–Crippen MR) is 62.4 cm³/mol. The summed E-state index contributed by atoms with van der Waals surface area (Å²) >= 11 is 0. The summed E-state index contributed by atoms with van der Waals surface area (Å²) in [7, 11) is -8.93. The van der Waals surface area contributed by atoms with E-state index < -0.39 is 26.3 Å². The number of benzene rings is 1. The van der Waals surface area contributed by atoms with Gasteiger partial charge in [0.15, 0.2) is 5.75 Å². The van der Waals surface area contributed by atoms with Crippen LogP contribution in [0.15, 0.2) is 23.1 Å². The average molecular weight is 298 g/mol. The fourth-order valence-electron chi connectivity index (χ4n) is 1.15. The van der Waals surface area contributed by atoms with Gasteiger partial charge in [-0.1, -0.05) is 10.8 Å². The van der Waals surface area contributed by atoms with E-state index in [9.17, 15) is 20.7 Å². The Morgan fingerprint density at radius 3 is 2.39 bits per heavy atom. The van der Waals surface area contributed by atoms with E-state index in [0.717, 1.165) is 18.2 Å². The zero-order valence-electron chi connectivity index (χ0n) is 9.25. The molecule has 7 nitrogen and oxygen atoms in total. The number of hydrogen-bond donors (Lipinski definition) is 2. The number of nitrogen functional groups attached to an aromatic ring is 1. The van der Waals surface area contributed by atoms with Crippen LogP contribution >= 0.6 is 0 Å². The van der Waals surface area contributed by atoms with Crippen LogP contribution < -0.4 is 14.6 Å². The predicted octanol–water partition coefficient (Wildman–Crippen LogP) is 0.160. The van der Waals surface area contributed by atoms with Gasteiger partial charge in [-0.25, -0.2) is 13.1 Å². The number of anilines is 1. The molecule has 0 aliphatic carbocycles. The Kier molecular flexibility index (Phi) is 4.14. The minimum Gasteiger partial charge on any atom is -0.396 e. The third-order valence-corrected chi connectivity index (χ3v) is 3.74. The van der Waals surface area contributed by atoms with Crippen LogP contribution in [0.1, 0.15) is 6.92 Å². The van der Waals surface area contributed by atoms with Crippen molar-refractivity contribution in [2.75, 3.05) is 12.3 Å². The second-order valence-electron chi connectivity index (χ2n) is 3.18. The van der Waals surface area contributed by atoms with Gasteiger partial charge in [0.2, 0.25) is 10.0 Å². The first kappa shape index (κ1) is 14.7. The molecule has 18 heavy (non-hydrogen) atoms. The lowest BCUT2D eigenvalue weighted by atomic mass is 10.3. The van der Waals surface area contributed by atoms with Crippen molar-refractivity contribution in [3.63, 3.8) is 0 Å². The van der Waals surface area contributed by atoms with Crippen LogP contribution in [0.3, 0.4) is 0 Å². The molecule has 0 aromatic heterocycles. The molecule has 0 saturated carbocycles. The molecular formula is C8H11FN2O5S2. The molecule has 0 aliphatic rings. The number of nitrogens with two attached hydrogens (primary N) is 1. The quantitative estimate of drug-likeness (QED) is 0.591. The van der Waals surface area contributed by atoms with Gasteiger partial charge in [0, 0.05) is 6.54 Å². The third-order valence-electron chi connectivity index (χ3n) is 1.82. The largest absolute Gasteiger partial charge is 0.488 e. The van der Waals surface area contributed by atoms with E-state index in [1.807, 2.05) is 0 Å². The topological polar surface area (TPSA) is 116 Å². The van der Waals surface area contributed by atoms with Gasteiger partial charge in [0.1, 0.15) is 0 Å². The monoisotopic (exact) mass is 298 g/mol. The number of sulfonamides is 1. The number of halogens is 1. The van der Waals surface area contributed by atoms with Gasteiger partial charge in [-0.3, -0.25) is 0 Å². The summed E-state index contributed by atoms with van der Waals surface area (Å²) < 4.78 is 62.1. The van der Waals surface area contributed by atoms with Gasteiger partial charge in [0.05, 0.1) is 10.6 Å². The van der Waals surface area contributed by atoms with Gasteiger partial charge < -0.3 is 9.92 Å². The first-order chi connectivity index (χ1) is 8.15. The van der Waals surface area contributed by atoms with Crippen molar-refractivity contribution >= 4 is 26.2 Å². The van der Waals surface area contributed by atoms with E-state index in [-0.39, 0.29) is 17.1 Å². The van der Waals surface area contributed by atoms with Crippen LogP contribution in [0.4, 0.5) is 9.57 Å². The van der Waals surface area contributed by atoms with E-state index in [1.165, 1.54) is 0 Å². The minimum absolute atomic E-state index is 0.176. The Bertz CT molecular complexity index is 641. The first-order valence-corrected chi connectivity index (χ1v) is 7.48. The minimum atomic E-state index is -5.20. The molecule has 0 atom stereocenters. The molecule has 0 fully saturated rings. The summed E-state index contributed by atoms with van der Waals surface area (Å²) in [5.41, 5.74) is 5.06. The van der Waals surface area contributed by atoms with Crippen LogP contribution in [-0.4, -0.2) is 23.4 Å². The zero-order chi connectivity index (χ0) is 14.0. The molecular weight excluding hydrogens is 287 g/mol. The Morgan fingerprint density at radius 2 is 1.94 bits per heavy atom. The summed E-state index contributed by atoms with van der Waals surface area (Å²) in [5, 5.41) is 0. The highest BCUT2D eigenvalue weighted by molar-refractivity contribution is 7.89. The van der Waals surface area contributed by atoms with Crippen LogP contribution in [-0.2, 0) is 20.5 Å². The van der Waals surface area contributed by atoms with Crippen molar-refractivity contribution in [1.82, 2.24) is 4.72 Å². The first-order valence-electron chi connectivity index (χ1n) is 4.69. The highest BCUT2D eigenvalue weighted by atomic mass is 32.3. The second-order valence-corrected chi connectivity index (χ2v) is 5.90. The van der Waals surface area contributed by atoms with Gasteiger partial charge in [-0.2, -0.15) is 8.42 Å². The summed E-state index contributed by atoms with van der Waals surface area (Å²) in [6, 6.07) is 2.98. The fraction of sp³-hybridized carbons (Fsp3) is 0.250. The lowest BCUT2D eigenvalue weighted by Crippen LogP contribution is -2.23. The molecule has 0 spiro atoms. The summed E-state index contributed by atoms with van der Waals surface area (Å²) in [4.78, 5) is -0.176. The molecule has 102 valence electrons. The van der Waals surface area contributed by atoms with E-state index >= 15 is 0 Å². The van der Waals surface area contributed by atoms with Crippen LogP contribution in [0.2, 0.25) is 0 Å². The van der Waals surface area contributed by atoms with Crippen LogP contribution in [0.5, 0.6) is 5.75 Å². The molecule has 0 aliphatic heterocycles. The third kappa shape index (κ3) is 3.82. The Balaban J connectivity index is 3.15. The maximum absolute atomic E-state index is 12.3. The highest BCUT2D eigenvalue weighted by Gasteiger charge is 2.17. The number of nitrogens with one attached hydrogen (secondary N) is 1. The molecule has 0 amide bonds. The van der Waals surface area contributed by atoms with E-state index in [2.05, 4.69) is 8.91 Å². The van der Waals surface area contributed by atoms with Crippen molar-refractivity contribution < 1.29 is 24.9 Å². The molecule has 0 radical (unpaired) electrons. The Labute approximate surface area is 104 Å². The lowest BCUT2D eigenvalue weighted by Gasteiger charge is -2.08. The molecule has 1 rings (SSSR count). The lowest BCUT2D eigenvalue weighted by molar-refractivity contribution is 0.441. The molecule has 10 heteroatoms. The molecule has 3 N–H and O–H groups in total. The van der Waals surface area contributed by atoms with Crippen molar-refractivity contribution in [1.29, 1.82) is 0 Å². The number of hydrogen-bond acceptors (Lipinski definition) is 6. The van der Waals surface area contributed by atoms with Gasteiger partial charge >= 0.3 is 10.5 Å². The second kappa shape index (κ2) is 5.08. The molecule has 1 aromatic rings. The van der Waals surface area contributed by atoms with Crippen molar-refractivity contribution in [2.24, 2.45) is 0 Å². The standard InChI is InChI=1S/C8H11FN2O5S2/c1-2-11-17(12,13)6-3-4-8(7(10)5-6)16-18(9,14)15/h3-5,11H,2,10H2,1H3. The van der Waals surface area contributed by atoms with Crippen LogP contribution in [0.25, 0.3) is 0 Å². The van der Waals surface area contributed by atoms with E-state index in [1.54, 1.807) is 6.92 Å². The summed E-state index contributed by atoms with van der Waals surface area (Å²) in [6.45, 7) is 1.77. The smallest absolute Gasteiger partial charge is 0.396 e. The Hall–Kier alpha value is -1.39. The van der Waals surface area contributed by atoms with Gasteiger partial charge in [-0.15, -0.1) is 0 Å². The maximum atomic E-state index is 12.3. The maximum Gasteiger partial charge on any atom is 0.488 e. The van der Waals surface area contributed by atoms with Crippen molar-refractivity contribution in [3.05, 3.63) is 18.2 Å². The van der Waals surface area contributed by atoms with Crippen LogP contribution in [0, 0.1) is 0 Å². The van der Waals surface area contributed by atoms with E-state index in [4.69, 9.17) is 5.73 Å². The van der Waals surface area contributed by atoms with E-state index in [0.29, 0.717) is 0 Å². The fourth-order valence-corrected chi connectivity index (χ4v) is 2.59. The normalized spacial score (nSPS) is 12.3.